The summed E-state index contributed by atoms with van der Waals surface area (Å²) in [4.78, 5) is 28.6. The molecular weight excluding hydrogens is 294 g/mol. The number of pyridine rings is 1. The number of aryl methyl sites for hydroxylation is 2. The van der Waals surface area contributed by atoms with E-state index in [0.29, 0.717) is 25.0 Å². The topological polar surface area (TPSA) is 67.0 Å². The second-order valence-corrected chi connectivity index (χ2v) is 6.49. The number of para-hydroxylation sites is 1. The molecule has 120 valence electrons. The van der Waals surface area contributed by atoms with Crippen LogP contribution < -0.4 is 10.5 Å². The first kappa shape index (κ1) is 14.3. The molecule has 6 heteroatoms. The van der Waals surface area contributed by atoms with Gasteiger partial charge in [-0.1, -0.05) is 12.1 Å². The van der Waals surface area contributed by atoms with Crippen LogP contribution in [0.2, 0.25) is 0 Å². The molecule has 0 bridgehead atoms. The lowest BCUT2D eigenvalue weighted by Crippen LogP contribution is -3.12. The Bertz CT molecular complexity index is 863. The van der Waals surface area contributed by atoms with Crippen LogP contribution in [-0.4, -0.2) is 53.7 Å². The first-order chi connectivity index (χ1) is 11.1. The third-order valence-corrected chi connectivity index (χ3v) is 5.06. The lowest BCUT2D eigenvalue weighted by molar-refractivity contribution is -0.883. The Hall–Kier alpha value is -2.34. The minimum Gasteiger partial charge on any atom is -0.506 e. The van der Waals surface area contributed by atoms with Crippen LogP contribution in [0.1, 0.15) is 15.9 Å². The molecule has 1 saturated heterocycles. The Labute approximate surface area is 133 Å². The maximum absolute atomic E-state index is 12.8. The molecule has 4 rings (SSSR count). The van der Waals surface area contributed by atoms with Gasteiger partial charge >= 0.3 is 0 Å². The van der Waals surface area contributed by atoms with Gasteiger partial charge in [0.15, 0.2) is 0 Å². The van der Waals surface area contributed by atoms with Gasteiger partial charge in [-0.3, -0.25) is 9.59 Å². The number of carbonyl (C=O) groups excluding carboxylic acids is 1. The number of aromatic nitrogens is 1. The Morgan fingerprint density at radius 3 is 2.70 bits per heavy atom. The van der Waals surface area contributed by atoms with Gasteiger partial charge in [0.05, 0.1) is 38.7 Å². The third-order valence-electron chi connectivity index (χ3n) is 5.06. The highest BCUT2D eigenvalue weighted by molar-refractivity contribution is 6.03. The summed E-state index contributed by atoms with van der Waals surface area (Å²) in [6.07, 6.45) is 0.765. The number of piperazine rings is 1. The highest BCUT2D eigenvalue weighted by Gasteiger charge is 2.30. The maximum atomic E-state index is 12.8. The van der Waals surface area contributed by atoms with Crippen LogP contribution in [0.15, 0.2) is 23.0 Å². The van der Waals surface area contributed by atoms with Crippen LogP contribution in [0, 0.1) is 0 Å². The lowest BCUT2D eigenvalue weighted by atomic mass is 10.1. The number of hydrogen-bond donors (Lipinski definition) is 2. The van der Waals surface area contributed by atoms with Crippen molar-refractivity contribution in [2.75, 3.05) is 33.2 Å². The molecule has 1 fully saturated rings. The van der Waals surface area contributed by atoms with Crippen molar-refractivity contribution in [1.82, 2.24) is 9.47 Å². The molecule has 0 aliphatic carbocycles. The SMILES string of the molecule is C[NH+]1CCN(C(=O)c2c(O)c3cccc4c3n(c2=O)CC4)CC1. The fourth-order valence-electron chi connectivity index (χ4n) is 3.66. The molecule has 0 spiro atoms. The zero-order chi connectivity index (χ0) is 16.1. The number of rotatable bonds is 1. The number of nitrogens with zero attached hydrogens (tertiary/aromatic N) is 2. The molecule has 23 heavy (non-hydrogen) atoms. The van der Waals surface area contributed by atoms with Gasteiger partial charge in [0.1, 0.15) is 11.3 Å². The van der Waals surface area contributed by atoms with Crippen LogP contribution in [0.4, 0.5) is 0 Å². The highest BCUT2D eigenvalue weighted by atomic mass is 16.3. The molecule has 2 aliphatic rings. The average molecular weight is 314 g/mol. The number of aromatic hydroxyl groups is 1. The molecule has 0 unspecified atom stereocenters. The first-order valence-electron chi connectivity index (χ1n) is 8.06. The van der Waals surface area contributed by atoms with Crippen molar-refractivity contribution in [3.63, 3.8) is 0 Å². The number of carbonyl (C=O) groups is 1. The normalized spacial score (nSPS) is 17.9. The van der Waals surface area contributed by atoms with E-state index in [-0.39, 0.29) is 22.8 Å². The zero-order valence-corrected chi connectivity index (χ0v) is 13.1. The number of hydrogen-bond acceptors (Lipinski definition) is 3. The van der Waals surface area contributed by atoms with Crippen LogP contribution in [-0.2, 0) is 13.0 Å². The smallest absolute Gasteiger partial charge is 0.267 e. The van der Waals surface area contributed by atoms with Crippen molar-refractivity contribution in [3.05, 3.63) is 39.7 Å². The van der Waals surface area contributed by atoms with Crippen molar-refractivity contribution in [3.8, 4) is 5.75 Å². The molecule has 1 aromatic carbocycles. The van der Waals surface area contributed by atoms with E-state index in [1.807, 2.05) is 12.1 Å². The largest absolute Gasteiger partial charge is 0.506 e. The Morgan fingerprint density at radius 2 is 1.96 bits per heavy atom. The number of nitrogens with one attached hydrogen (secondary N) is 1. The second-order valence-electron chi connectivity index (χ2n) is 6.49. The molecule has 2 aromatic rings. The predicted octanol–water partition coefficient (Wildman–Crippen LogP) is -0.766. The summed E-state index contributed by atoms with van der Waals surface area (Å²) < 4.78 is 1.64. The Morgan fingerprint density at radius 1 is 1.22 bits per heavy atom. The van der Waals surface area contributed by atoms with E-state index in [9.17, 15) is 14.7 Å². The highest BCUT2D eigenvalue weighted by Crippen LogP contribution is 2.32. The van der Waals surface area contributed by atoms with Gasteiger partial charge in [0.2, 0.25) is 0 Å². The average Bonchev–Trinajstić information content (AvgIpc) is 2.98. The molecule has 0 radical (unpaired) electrons. The van der Waals surface area contributed by atoms with Crippen molar-refractivity contribution in [2.24, 2.45) is 0 Å². The van der Waals surface area contributed by atoms with E-state index >= 15 is 0 Å². The standard InChI is InChI=1S/C17H19N3O3/c1-18-7-9-19(10-8-18)16(22)13-15(21)12-4-2-3-11-5-6-20(14(11)12)17(13)23/h2-4,21H,5-10H2,1H3/p+1. The summed E-state index contributed by atoms with van der Waals surface area (Å²) in [5, 5.41) is 11.2. The van der Waals surface area contributed by atoms with Crippen molar-refractivity contribution < 1.29 is 14.8 Å². The number of likely N-dealkylation sites (N-methyl/N-ethyl adjacent to an activating group) is 1. The van der Waals surface area contributed by atoms with E-state index in [0.717, 1.165) is 30.6 Å². The Kier molecular flexibility index (Phi) is 3.16. The van der Waals surface area contributed by atoms with E-state index in [1.54, 1.807) is 15.5 Å². The van der Waals surface area contributed by atoms with Crippen molar-refractivity contribution in [2.45, 2.75) is 13.0 Å². The van der Waals surface area contributed by atoms with Crippen molar-refractivity contribution in [1.29, 1.82) is 0 Å². The van der Waals surface area contributed by atoms with Crippen LogP contribution in [0.25, 0.3) is 10.9 Å². The van der Waals surface area contributed by atoms with Gasteiger partial charge < -0.3 is 19.5 Å². The third kappa shape index (κ3) is 2.05. The van der Waals surface area contributed by atoms with Crippen LogP contribution in [0.5, 0.6) is 5.75 Å². The zero-order valence-electron chi connectivity index (χ0n) is 13.1. The quantitative estimate of drug-likeness (QED) is 0.727. The fourth-order valence-corrected chi connectivity index (χ4v) is 3.66. The number of benzene rings is 1. The van der Waals surface area contributed by atoms with Crippen LogP contribution >= 0.6 is 0 Å². The second kappa shape index (κ2) is 5.09. The molecule has 2 N–H and O–H groups in total. The number of quaternary nitrogens is 1. The molecule has 1 amide bonds. The van der Waals surface area contributed by atoms with Crippen LogP contribution in [0.3, 0.4) is 0 Å². The molecule has 2 aliphatic heterocycles. The fraction of sp³-hybridized carbons (Fsp3) is 0.412. The summed E-state index contributed by atoms with van der Waals surface area (Å²) >= 11 is 0. The molecule has 0 atom stereocenters. The molecular formula is C17H20N3O3+. The van der Waals surface area contributed by atoms with Gasteiger partial charge in [0, 0.05) is 11.9 Å². The Balaban J connectivity index is 1.86. The lowest BCUT2D eigenvalue weighted by Gasteiger charge is -2.30. The minimum atomic E-state index is -0.365. The maximum Gasteiger partial charge on any atom is 0.267 e. The van der Waals surface area contributed by atoms with Crippen molar-refractivity contribution >= 4 is 16.8 Å². The molecule has 6 nitrogen and oxygen atoms in total. The summed E-state index contributed by atoms with van der Waals surface area (Å²) in [6.45, 7) is 3.52. The van der Waals surface area contributed by atoms with Gasteiger partial charge in [-0.05, 0) is 18.1 Å². The molecule has 3 heterocycles. The molecule has 1 aromatic heterocycles. The van der Waals surface area contributed by atoms with Gasteiger partial charge in [-0.25, -0.2) is 0 Å². The van der Waals surface area contributed by atoms with E-state index < -0.39 is 0 Å². The first-order valence-corrected chi connectivity index (χ1v) is 8.06. The number of amides is 1. The predicted molar refractivity (Wildman–Crippen MR) is 86.1 cm³/mol. The molecule has 0 saturated carbocycles. The monoisotopic (exact) mass is 314 g/mol. The summed E-state index contributed by atoms with van der Waals surface area (Å²) in [6, 6.07) is 5.61. The summed E-state index contributed by atoms with van der Waals surface area (Å²) in [7, 11) is 2.09. The minimum absolute atomic E-state index is 0.0731. The van der Waals surface area contributed by atoms with E-state index in [1.165, 1.54) is 4.90 Å². The van der Waals surface area contributed by atoms with Gasteiger partial charge in [0.25, 0.3) is 11.5 Å². The summed E-state index contributed by atoms with van der Waals surface area (Å²) in [5.74, 6) is -0.510. The van der Waals surface area contributed by atoms with Gasteiger partial charge in [-0.2, -0.15) is 0 Å². The van der Waals surface area contributed by atoms with E-state index in [4.69, 9.17) is 0 Å². The van der Waals surface area contributed by atoms with Gasteiger partial charge in [-0.15, -0.1) is 0 Å². The summed E-state index contributed by atoms with van der Waals surface area (Å²) in [5.41, 5.74) is 1.39. The van der Waals surface area contributed by atoms with E-state index in [2.05, 4.69) is 7.05 Å².